The molecule has 1 N–H and O–H groups in total. The van der Waals surface area contributed by atoms with Crippen LogP contribution in [0.4, 0.5) is 0 Å². The van der Waals surface area contributed by atoms with Crippen LogP contribution in [0.2, 0.25) is 0 Å². The van der Waals surface area contributed by atoms with Crippen molar-refractivity contribution in [3.05, 3.63) is 70.9 Å². The van der Waals surface area contributed by atoms with Crippen LogP contribution in [0.5, 0.6) is 5.75 Å². The molecule has 1 unspecified atom stereocenters. The largest absolute Gasteiger partial charge is 0.493 e. The van der Waals surface area contributed by atoms with E-state index in [9.17, 15) is 0 Å². The maximum atomic E-state index is 6.18. The summed E-state index contributed by atoms with van der Waals surface area (Å²) < 4.78 is 13.4. The zero-order valence-electron chi connectivity index (χ0n) is 17.9. The number of benzene rings is 2. The van der Waals surface area contributed by atoms with Gasteiger partial charge in [0.25, 0.3) is 0 Å². The van der Waals surface area contributed by atoms with E-state index >= 15 is 0 Å². The van der Waals surface area contributed by atoms with Gasteiger partial charge >= 0.3 is 0 Å². The Morgan fingerprint density at radius 2 is 2.03 bits per heavy atom. The van der Waals surface area contributed by atoms with Gasteiger partial charge in [0.05, 0.1) is 12.3 Å². The fourth-order valence-electron chi connectivity index (χ4n) is 3.84. The van der Waals surface area contributed by atoms with Crippen molar-refractivity contribution in [2.24, 2.45) is 0 Å². The van der Waals surface area contributed by atoms with E-state index in [1.54, 1.807) is 11.3 Å². The van der Waals surface area contributed by atoms with Gasteiger partial charge in [-0.15, -0.1) is 23.1 Å². The number of oxazole rings is 1. The van der Waals surface area contributed by atoms with Crippen molar-refractivity contribution in [3.63, 3.8) is 0 Å². The predicted octanol–water partition coefficient (Wildman–Crippen LogP) is 5.31. The molecule has 31 heavy (non-hydrogen) atoms. The van der Waals surface area contributed by atoms with E-state index in [0.29, 0.717) is 18.5 Å². The standard InChI is InChI=1S/C24H24N2O2S2.Na/c1-16-21(26-24(28-16)17-5-3-2-4-6-17)9-11-27-22-8-7-18(13-19-14-29-15-25-19)23-20(22)10-12-30-23;/h2-8,10,12,19,25H,9,11,13-15H2,1H3;. The number of nitrogens with zero attached hydrogens (tertiary/aromatic N) is 1. The molecule has 0 spiro atoms. The van der Waals surface area contributed by atoms with Crippen LogP contribution in [0.1, 0.15) is 17.0 Å². The molecule has 2 aromatic heterocycles. The van der Waals surface area contributed by atoms with Gasteiger partial charge in [-0.2, -0.15) is 0 Å². The molecular weight excluding hydrogens is 435 g/mol. The fraction of sp³-hybridized carbons (Fsp3) is 0.292. The molecule has 5 rings (SSSR count). The third-order valence-corrected chi connectivity index (χ3v) is 7.43. The number of hydrogen-bond donors (Lipinski definition) is 1. The monoisotopic (exact) mass is 459 g/mol. The first-order valence-corrected chi connectivity index (χ1v) is 12.3. The maximum absolute atomic E-state index is 6.18. The van der Waals surface area contributed by atoms with Crippen molar-refractivity contribution in [2.45, 2.75) is 25.8 Å². The summed E-state index contributed by atoms with van der Waals surface area (Å²) in [5.41, 5.74) is 3.36. The molecule has 1 fully saturated rings. The first kappa shape index (κ1) is 22.9. The van der Waals surface area contributed by atoms with Crippen molar-refractivity contribution in [1.29, 1.82) is 0 Å². The first-order chi connectivity index (χ1) is 14.8. The van der Waals surface area contributed by atoms with Gasteiger partial charge in [0.1, 0.15) is 11.5 Å². The molecule has 0 aliphatic carbocycles. The number of hydrogen-bond acceptors (Lipinski definition) is 6. The predicted molar refractivity (Wildman–Crippen MR) is 131 cm³/mol. The molecule has 4 nitrogen and oxygen atoms in total. The van der Waals surface area contributed by atoms with Gasteiger partial charge in [-0.05, 0) is 48.6 Å². The van der Waals surface area contributed by atoms with Gasteiger partial charge in [-0.25, -0.2) is 4.98 Å². The van der Waals surface area contributed by atoms with Gasteiger partial charge in [0, 0.05) is 69.3 Å². The number of nitrogens with one attached hydrogen (secondary N) is 1. The van der Waals surface area contributed by atoms with Crippen molar-refractivity contribution in [2.75, 3.05) is 18.2 Å². The van der Waals surface area contributed by atoms with Gasteiger partial charge < -0.3 is 14.5 Å². The van der Waals surface area contributed by atoms with Crippen LogP contribution in [0.25, 0.3) is 21.5 Å². The summed E-state index contributed by atoms with van der Waals surface area (Å²) >= 11 is 3.78. The maximum Gasteiger partial charge on any atom is 0.226 e. The molecular formula is C24H24N2NaO2S2. The number of fused-ring (bicyclic) bond motifs is 1. The Bertz CT molecular complexity index is 1140. The second-order valence-electron chi connectivity index (χ2n) is 7.49. The molecule has 1 atom stereocenters. The molecule has 155 valence electrons. The Morgan fingerprint density at radius 3 is 2.84 bits per heavy atom. The van der Waals surface area contributed by atoms with Crippen LogP contribution in [-0.4, -0.2) is 58.8 Å². The summed E-state index contributed by atoms with van der Waals surface area (Å²) in [5, 5.41) is 6.94. The zero-order valence-corrected chi connectivity index (χ0v) is 21.5. The van der Waals surface area contributed by atoms with Crippen LogP contribution >= 0.6 is 23.1 Å². The first-order valence-electron chi connectivity index (χ1n) is 10.2. The number of thiophene rings is 1. The van der Waals surface area contributed by atoms with E-state index in [4.69, 9.17) is 9.15 Å². The molecule has 1 saturated heterocycles. The van der Waals surface area contributed by atoms with Gasteiger partial charge in [-0.1, -0.05) is 24.3 Å². The van der Waals surface area contributed by atoms with Gasteiger partial charge in [-0.3, -0.25) is 0 Å². The van der Waals surface area contributed by atoms with Gasteiger partial charge in [0.15, 0.2) is 0 Å². The third-order valence-electron chi connectivity index (χ3n) is 5.43. The minimum Gasteiger partial charge on any atom is -0.493 e. The summed E-state index contributed by atoms with van der Waals surface area (Å²) in [5.74, 6) is 4.73. The van der Waals surface area contributed by atoms with Gasteiger partial charge in [0.2, 0.25) is 5.89 Å². The summed E-state index contributed by atoms with van der Waals surface area (Å²) in [6.45, 7) is 2.54. The average molecular weight is 460 g/mol. The smallest absolute Gasteiger partial charge is 0.226 e. The van der Waals surface area contributed by atoms with Crippen LogP contribution in [0.15, 0.2) is 58.3 Å². The van der Waals surface area contributed by atoms with E-state index in [1.165, 1.54) is 21.4 Å². The topological polar surface area (TPSA) is 47.3 Å². The Kier molecular flexibility index (Phi) is 7.80. The molecule has 3 heterocycles. The van der Waals surface area contributed by atoms with Crippen LogP contribution in [0, 0.1) is 6.92 Å². The van der Waals surface area contributed by atoms with Crippen LogP contribution in [-0.2, 0) is 12.8 Å². The van der Waals surface area contributed by atoms with E-state index in [1.807, 2.05) is 49.0 Å². The Morgan fingerprint density at radius 1 is 1.16 bits per heavy atom. The normalized spacial score (nSPS) is 15.8. The van der Waals surface area contributed by atoms with Crippen molar-refractivity contribution < 1.29 is 9.15 Å². The van der Waals surface area contributed by atoms with E-state index < -0.39 is 0 Å². The van der Waals surface area contributed by atoms with Crippen molar-refractivity contribution in [3.8, 4) is 17.2 Å². The molecule has 4 aromatic rings. The number of thioether (sulfide) groups is 1. The molecule has 0 bridgehead atoms. The van der Waals surface area contributed by atoms with Crippen molar-refractivity contribution in [1.82, 2.24) is 10.3 Å². The molecule has 0 amide bonds. The second kappa shape index (κ2) is 10.6. The van der Waals surface area contributed by atoms with E-state index in [0.717, 1.165) is 41.5 Å². The van der Waals surface area contributed by atoms with E-state index in [-0.39, 0.29) is 29.6 Å². The molecule has 1 radical (unpaired) electrons. The molecule has 1 aliphatic heterocycles. The minimum atomic E-state index is 0. The molecule has 2 aromatic carbocycles. The summed E-state index contributed by atoms with van der Waals surface area (Å²) in [6.07, 6.45) is 1.80. The number of rotatable bonds is 7. The van der Waals surface area contributed by atoms with E-state index in [2.05, 4.69) is 33.9 Å². The Labute approximate surface area is 213 Å². The molecule has 7 heteroatoms. The average Bonchev–Trinajstić information content (AvgIpc) is 3.52. The SMILES string of the molecule is Cc1oc(-c2ccccc2)nc1CCOc1ccc(CC2CSCN2)c2sccc12.[Na]. The molecule has 0 saturated carbocycles. The summed E-state index contributed by atoms with van der Waals surface area (Å²) in [7, 11) is 0. The fourth-order valence-corrected chi connectivity index (χ4v) is 5.77. The van der Waals surface area contributed by atoms with Crippen LogP contribution < -0.4 is 10.1 Å². The number of aryl methyl sites for hydroxylation is 1. The van der Waals surface area contributed by atoms with Crippen molar-refractivity contribution >= 4 is 62.7 Å². The Balaban J connectivity index is 0.00000231. The molecule has 1 aliphatic rings. The Hall–Kier alpha value is -1.28. The van der Waals surface area contributed by atoms with Crippen LogP contribution in [0.3, 0.4) is 0 Å². The number of aromatic nitrogens is 1. The second-order valence-corrected chi connectivity index (χ2v) is 9.44. The minimum absolute atomic E-state index is 0. The quantitative estimate of drug-likeness (QED) is 0.380. The zero-order chi connectivity index (χ0) is 20.3. The summed E-state index contributed by atoms with van der Waals surface area (Å²) in [4.78, 5) is 4.68. The number of ether oxygens (including phenoxy) is 1. The third kappa shape index (κ3) is 5.21. The summed E-state index contributed by atoms with van der Waals surface area (Å²) in [6, 6.07) is 17.1.